The van der Waals surface area contributed by atoms with E-state index in [1.54, 1.807) is 0 Å². The maximum Gasteiger partial charge on any atom is 0.0317 e. The highest BCUT2D eigenvalue weighted by molar-refractivity contribution is 5.36. The van der Waals surface area contributed by atoms with E-state index in [2.05, 4.69) is 47.8 Å². The van der Waals surface area contributed by atoms with Crippen LogP contribution in [-0.4, -0.2) is 12.6 Å². The fourth-order valence-electron chi connectivity index (χ4n) is 2.87. The summed E-state index contributed by atoms with van der Waals surface area (Å²) >= 11 is 0. The lowest BCUT2D eigenvalue weighted by Gasteiger charge is -2.29. The van der Waals surface area contributed by atoms with Gasteiger partial charge in [-0.05, 0) is 25.0 Å². The Bertz CT molecular complexity index is 367. The number of piperidine rings is 1. The van der Waals surface area contributed by atoms with E-state index in [4.69, 9.17) is 0 Å². The van der Waals surface area contributed by atoms with E-state index in [0.29, 0.717) is 17.9 Å². The highest BCUT2D eigenvalue weighted by Gasteiger charge is 2.22. The molecule has 0 aromatic heterocycles. The molecule has 1 N–H and O–H groups in total. The van der Waals surface area contributed by atoms with Crippen LogP contribution in [0.5, 0.6) is 0 Å². The van der Waals surface area contributed by atoms with Crippen molar-refractivity contribution in [2.45, 2.75) is 25.3 Å². The number of hydrogen-bond acceptors (Lipinski definition) is 1. The van der Waals surface area contributed by atoms with Gasteiger partial charge in [-0.1, -0.05) is 49.0 Å². The van der Waals surface area contributed by atoms with Gasteiger partial charge in [-0.15, -0.1) is 0 Å². The van der Waals surface area contributed by atoms with Crippen molar-refractivity contribution < 1.29 is 0 Å². The largest absolute Gasteiger partial charge is 0.310 e. The highest BCUT2D eigenvalue weighted by Crippen LogP contribution is 2.30. The van der Waals surface area contributed by atoms with Gasteiger partial charge in [0, 0.05) is 17.9 Å². The molecule has 1 aliphatic heterocycles. The van der Waals surface area contributed by atoms with Gasteiger partial charge in [0.2, 0.25) is 0 Å². The molecule has 1 saturated heterocycles. The fraction of sp³-hybridized carbons (Fsp3) is 0.467. The normalized spacial score (nSPS) is 37.0. The monoisotopic (exact) mass is 213 g/mol. The maximum atomic E-state index is 3.62. The molecule has 3 atom stereocenters. The molecule has 0 amide bonds. The molecule has 0 radical (unpaired) electrons. The third kappa shape index (κ3) is 1.92. The van der Waals surface area contributed by atoms with Gasteiger partial charge in [0.1, 0.15) is 0 Å². The van der Waals surface area contributed by atoms with Crippen LogP contribution < -0.4 is 5.32 Å². The second-order valence-corrected chi connectivity index (χ2v) is 4.95. The van der Waals surface area contributed by atoms with Crippen LogP contribution in [0.4, 0.5) is 0 Å². The molecular weight excluding hydrogens is 194 g/mol. The Hall–Kier alpha value is -1.08. The van der Waals surface area contributed by atoms with Crippen molar-refractivity contribution in [1.29, 1.82) is 0 Å². The topological polar surface area (TPSA) is 12.0 Å². The molecule has 1 heterocycles. The summed E-state index contributed by atoms with van der Waals surface area (Å²) in [5.41, 5.74) is 1.50. The summed E-state index contributed by atoms with van der Waals surface area (Å²) in [6.45, 7) is 1.18. The SMILES string of the molecule is C1=CC2C=CC(C3CCCCN3)=CC2C=C1. The predicted molar refractivity (Wildman–Crippen MR) is 68.1 cm³/mol. The molecule has 16 heavy (non-hydrogen) atoms. The van der Waals surface area contributed by atoms with Crippen molar-refractivity contribution in [3.05, 3.63) is 48.1 Å². The third-order valence-electron chi connectivity index (χ3n) is 3.83. The van der Waals surface area contributed by atoms with Crippen molar-refractivity contribution in [3.8, 4) is 0 Å². The molecule has 3 unspecified atom stereocenters. The van der Waals surface area contributed by atoms with Crippen LogP contribution in [0.25, 0.3) is 0 Å². The molecular formula is C15H19N. The maximum absolute atomic E-state index is 3.62. The second kappa shape index (κ2) is 4.42. The first-order valence-electron chi connectivity index (χ1n) is 6.42. The Balaban J connectivity index is 1.77. The van der Waals surface area contributed by atoms with Gasteiger partial charge in [-0.25, -0.2) is 0 Å². The van der Waals surface area contributed by atoms with Gasteiger partial charge < -0.3 is 5.32 Å². The van der Waals surface area contributed by atoms with Crippen LogP contribution in [-0.2, 0) is 0 Å². The minimum atomic E-state index is 0.591. The average molecular weight is 213 g/mol. The highest BCUT2D eigenvalue weighted by atomic mass is 14.9. The first-order chi connectivity index (χ1) is 7.93. The first-order valence-corrected chi connectivity index (χ1v) is 6.42. The van der Waals surface area contributed by atoms with E-state index in [1.165, 1.54) is 31.4 Å². The molecule has 0 spiro atoms. The lowest BCUT2D eigenvalue weighted by Crippen LogP contribution is -2.36. The van der Waals surface area contributed by atoms with Crippen molar-refractivity contribution in [1.82, 2.24) is 5.32 Å². The van der Waals surface area contributed by atoms with Crippen LogP contribution in [0.15, 0.2) is 48.1 Å². The van der Waals surface area contributed by atoms with E-state index in [0.717, 1.165) is 0 Å². The van der Waals surface area contributed by atoms with Crippen molar-refractivity contribution in [2.24, 2.45) is 11.8 Å². The number of allylic oxidation sites excluding steroid dienone is 6. The van der Waals surface area contributed by atoms with E-state index in [9.17, 15) is 0 Å². The van der Waals surface area contributed by atoms with Gasteiger partial charge in [-0.2, -0.15) is 0 Å². The molecule has 1 nitrogen and oxygen atoms in total. The second-order valence-electron chi connectivity index (χ2n) is 4.95. The predicted octanol–water partition coefficient (Wildman–Crippen LogP) is 2.98. The standard InChI is InChI=1S/C15H19N/c1-2-6-13-11-14(9-8-12(13)5-1)15-7-3-4-10-16-15/h1-2,5-6,8-9,11-13,15-16H,3-4,7,10H2. The van der Waals surface area contributed by atoms with Crippen LogP contribution in [0, 0.1) is 11.8 Å². The Morgan fingerprint density at radius 3 is 2.69 bits per heavy atom. The molecule has 1 fully saturated rings. The molecule has 0 saturated carbocycles. The Morgan fingerprint density at radius 1 is 1.00 bits per heavy atom. The summed E-state index contributed by atoms with van der Waals surface area (Å²) in [6.07, 6.45) is 20.1. The zero-order valence-corrected chi connectivity index (χ0v) is 9.60. The fourth-order valence-corrected chi connectivity index (χ4v) is 2.87. The summed E-state index contributed by atoms with van der Waals surface area (Å²) in [5, 5.41) is 3.62. The Labute approximate surface area is 97.6 Å². The van der Waals surface area contributed by atoms with E-state index >= 15 is 0 Å². The number of rotatable bonds is 1. The molecule has 84 valence electrons. The summed E-state index contributed by atoms with van der Waals surface area (Å²) in [4.78, 5) is 0. The lowest BCUT2D eigenvalue weighted by molar-refractivity contribution is 0.440. The summed E-state index contributed by atoms with van der Waals surface area (Å²) in [5.74, 6) is 1.19. The number of hydrogen-bond donors (Lipinski definition) is 1. The molecule has 3 rings (SSSR count). The summed E-state index contributed by atoms with van der Waals surface area (Å²) < 4.78 is 0. The minimum Gasteiger partial charge on any atom is -0.310 e. The van der Waals surface area contributed by atoms with E-state index < -0.39 is 0 Å². The molecule has 0 aromatic carbocycles. The van der Waals surface area contributed by atoms with Crippen LogP contribution in [0.3, 0.4) is 0 Å². The minimum absolute atomic E-state index is 0.591. The van der Waals surface area contributed by atoms with Gasteiger partial charge in [0.15, 0.2) is 0 Å². The van der Waals surface area contributed by atoms with Crippen LogP contribution in [0.1, 0.15) is 19.3 Å². The molecule has 2 aliphatic carbocycles. The van der Waals surface area contributed by atoms with Crippen LogP contribution >= 0.6 is 0 Å². The quantitative estimate of drug-likeness (QED) is 0.706. The molecule has 1 heteroatoms. The van der Waals surface area contributed by atoms with Gasteiger partial charge in [0.25, 0.3) is 0 Å². The van der Waals surface area contributed by atoms with Crippen molar-refractivity contribution in [2.75, 3.05) is 6.54 Å². The first kappa shape index (κ1) is 10.1. The zero-order valence-electron chi connectivity index (χ0n) is 9.60. The van der Waals surface area contributed by atoms with Crippen LogP contribution in [0.2, 0.25) is 0 Å². The number of nitrogens with one attached hydrogen (secondary N) is 1. The smallest absolute Gasteiger partial charge is 0.0317 e. The summed E-state index contributed by atoms with van der Waals surface area (Å²) in [7, 11) is 0. The van der Waals surface area contributed by atoms with Gasteiger partial charge in [-0.3, -0.25) is 0 Å². The summed E-state index contributed by atoms with van der Waals surface area (Å²) in [6, 6.07) is 0.602. The lowest BCUT2D eigenvalue weighted by atomic mass is 9.80. The van der Waals surface area contributed by atoms with Gasteiger partial charge in [0.05, 0.1) is 0 Å². The van der Waals surface area contributed by atoms with E-state index in [1.807, 2.05) is 0 Å². The van der Waals surface area contributed by atoms with E-state index in [-0.39, 0.29) is 0 Å². The molecule has 0 aromatic rings. The Morgan fingerprint density at radius 2 is 1.88 bits per heavy atom. The molecule has 3 aliphatic rings. The van der Waals surface area contributed by atoms with Gasteiger partial charge >= 0.3 is 0 Å². The van der Waals surface area contributed by atoms with Crippen molar-refractivity contribution in [3.63, 3.8) is 0 Å². The van der Waals surface area contributed by atoms with Crippen molar-refractivity contribution >= 4 is 0 Å². The number of fused-ring (bicyclic) bond motifs is 1. The third-order valence-corrected chi connectivity index (χ3v) is 3.83. The molecule has 0 bridgehead atoms. The zero-order chi connectivity index (χ0) is 10.8. The Kier molecular flexibility index (Phi) is 2.79. The average Bonchev–Trinajstić information content (AvgIpc) is 2.39.